The number of nitriles is 1. The van der Waals surface area contributed by atoms with Crippen LogP contribution in [0.15, 0.2) is 53.4 Å². The van der Waals surface area contributed by atoms with Gasteiger partial charge in [0.25, 0.3) is 0 Å². The van der Waals surface area contributed by atoms with E-state index >= 15 is 0 Å². The molecule has 7 nitrogen and oxygen atoms in total. The third-order valence-corrected chi connectivity index (χ3v) is 5.87. The first-order chi connectivity index (χ1) is 13.9. The fraction of sp³-hybridized carbons (Fsp3) is 0.263. The summed E-state index contributed by atoms with van der Waals surface area (Å²) in [5.41, 5.74) is 0.810. The van der Waals surface area contributed by atoms with Crippen molar-refractivity contribution in [3.8, 4) is 11.8 Å². The third kappa shape index (κ3) is 6.20. The van der Waals surface area contributed by atoms with Crippen molar-refractivity contribution < 1.29 is 31.1 Å². The molecular formula is C19H18F3N3O4S. The molecule has 0 fully saturated rings. The Morgan fingerprint density at radius 2 is 1.73 bits per heavy atom. The number of likely N-dealkylation sites (N-methyl/N-ethyl adjacent to an activating group) is 1. The van der Waals surface area contributed by atoms with Gasteiger partial charge in [-0.2, -0.15) is 9.57 Å². The molecule has 30 heavy (non-hydrogen) atoms. The quantitative estimate of drug-likeness (QED) is 0.712. The number of carbonyl (C=O) groups excluding carboxylic acids is 1. The first kappa shape index (κ1) is 23.2. The predicted molar refractivity (Wildman–Crippen MR) is 101 cm³/mol. The van der Waals surface area contributed by atoms with E-state index in [1.807, 2.05) is 6.07 Å². The van der Waals surface area contributed by atoms with E-state index in [9.17, 15) is 26.4 Å². The third-order valence-electron chi connectivity index (χ3n) is 4.05. The Labute approximate surface area is 171 Å². The van der Waals surface area contributed by atoms with E-state index in [4.69, 9.17) is 5.26 Å². The minimum absolute atomic E-state index is 0.0647. The molecule has 1 unspecified atom stereocenters. The molecular weight excluding hydrogens is 423 g/mol. The van der Waals surface area contributed by atoms with Crippen LogP contribution in [-0.2, 0) is 14.8 Å². The Morgan fingerprint density at radius 1 is 1.17 bits per heavy atom. The second-order valence-corrected chi connectivity index (χ2v) is 8.35. The van der Waals surface area contributed by atoms with Gasteiger partial charge in [0.15, 0.2) is 0 Å². The van der Waals surface area contributed by atoms with Crippen LogP contribution in [0.2, 0.25) is 0 Å². The van der Waals surface area contributed by atoms with Gasteiger partial charge in [-0.05, 0) is 48.9 Å². The Morgan fingerprint density at radius 3 is 2.23 bits per heavy atom. The lowest BCUT2D eigenvalue weighted by atomic mass is 10.1. The van der Waals surface area contributed by atoms with E-state index in [0.717, 1.165) is 16.4 Å². The second kappa shape index (κ2) is 9.15. The largest absolute Gasteiger partial charge is 0.573 e. The lowest BCUT2D eigenvalue weighted by Crippen LogP contribution is -2.39. The zero-order valence-corrected chi connectivity index (χ0v) is 16.8. The molecule has 0 aliphatic carbocycles. The highest BCUT2D eigenvalue weighted by Gasteiger charge is 2.31. The number of alkyl halides is 3. The number of carbonyl (C=O) groups is 1. The summed E-state index contributed by atoms with van der Waals surface area (Å²) in [7, 11) is -2.71. The molecule has 0 bridgehead atoms. The van der Waals surface area contributed by atoms with E-state index in [-0.39, 0.29) is 4.90 Å². The van der Waals surface area contributed by atoms with Crippen LogP contribution in [0, 0.1) is 11.3 Å². The van der Waals surface area contributed by atoms with E-state index in [1.165, 1.54) is 43.4 Å². The summed E-state index contributed by atoms with van der Waals surface area (Å²) in [6, 6.07) is 11.5. The van der Waals surface area contributed by atoms with Crippen LogP contribution in [0.4, 0.5) is 13.2 Å². The average molecular weight is 441 g/mol. The van der Waals surface area contributed by atoms with Crippen molar-refractivity contribution in [2.75, 3.05) is 13.6 Å². The van der Waals surface area contributed by atoms with Crippen molar-refractivity contribution in [3.05, 3.63) is 59.7 Å². The molecule has 0 saturated carbocycles. The molecule has 160 valence electrons. The lowest BCUT2D eigenvalue weighted by Gasteiger charge is -2.19. The van der Waals surface area contributed by atoms with Crippen LogP contribution >= 0.6 is 0 Å². The first-order valence-electron chi connectivity index (χ1n) is 8.54. The fourth-order valence-electron chi connectivity index (χ4n) is 2.50. The standard InChI is InChI=1S/C19H18F3N3O4S/c1-13(15-5-7-16(8-6-15)29-19(20,21)22)24-18(26)12-25(2)30(27,28)17-9-3-14(11-23)4-10-17/h3-10,13H,12H2,1-2H3,(H,24,26). The summed E-state index contributed by atoms with van der Waals surface area (Å²) in [6.07, 6.45) is -4.80. The summed E-state index contributed by atoms with van der Waals surface area (Å²) in [6.45, 7) is 1.13. The normalized spacial score (nSPS) is 12.8. The van der Waals surface area contributed by atoms with Crippen molar-refractivity contribution >= 4 is 15.9 Å². The Bertz CT molecular complexity index is 1030. The number of nitrogens with one attached hydrogen (secondary N) is 1. The van der Waals surface area contributed by atoms with Crippen LogP contribution in [0.25, 0.3) is 0 Å². The van der Waals surface area contributed by atoms with E-state index in [1.54, 1.807) is 6.92 Å². The Kier molecular flexibility index (Phi) is 7.07. The molecule has 0 aromatic heterocycles. The maximum absolute atomic E-state index is 12.5. The van der Waals surface area contributed by atoms with E-state index < -0.39 is 40.6 Å². The number of amides is 1. The number of hydrogen-bond acceptors (Lipinski definition) is 5. The number of nitrogens with zero attached hydrogens (tertiary/aromatic N) is 2. The molecule has 1 amide bonds. The molecule has 1 atom stereocenters. The van der Waals surface area contributed by atoms with Gasteiger partial charge in [-0.1, -0.05) is 12.1 Å². The van der Waals surface area contributed by atoms with Crippen molar-refractivity contribution in [2.24, 2.45) is 0 Å². The van der Waals surface area contributed by atoms with Gasteiger partial charge in [-0.15, -0.1) is 13.2 Å². The molecule has 0 aliphatic heterocycles. The molecule has 0 spiro atoms. The summed E-state index contributed by atoms with van der Waals surface area (Å²) >= 11 is 0. The van der Waals surface area contributed by atoms with E-state index in [2.05, 4.69) is 10.1 Å². The molecule has 0 radical (unpaired) electrons. The Hall–Kier alpha value is -3.10. The second-order valence-electron chi connectivity index (χ2n) is 6.30. The van der Waals surface area contributed by atoms with Gasteiger partial charge in [-0.3, -0.25) is 4.79 Å². The van der Waals surface area contributed by atoms with Gasteiger partial charge in [0.1, 0.15) is 5.75 Å². The SMILES string of the molecule is CC(NC(=O)CN(C)S(=O)(=O)c1ccc(C#N)cc1)c1ccc(OC(F)(F)F)cc1. The number of ether oxygens (including phenoxy) is 1. The summed E-state index contributed by atoms with van der Waals surface area (Å²) in [5, 5.41) is 11.4. The van der Waals surface area contributed by atoms with Crippen LogP contribution < -0.4 is 10.1 Å². The number of benzene rings is 2. The van der Waals surface area contributed by atoms with Crippen molar-refractivity contribution in [1.29, 1.82) is 5.26 Å². The van der Waals surface area contributed by atoms with Gasteiger partial charge in [0.2, 0.25) is 15.9 Å². The van der Waals surface area contributed by atoms with Gasteiger partial charge in [0, 0.05) is 7.05 Å². The number of hydrogen-bond donors (Lipinski definition) is 1. The monoisotopic (exact) mass is 441 g/mol. The van der Waals surface area contributed by atoms with Crippen LogP contribution in [0.3, 0.4) is 0 Å². The van der Waals surface area contributed by atoms with Gasteiger partial charge >= 0.3 is 6.36 Å². The average Bonchev–Trinajstić information content (AvgIpc) is 2.67. The smallest absolute Gasteiger partial charge is 0.406 e. The molecule has 11 heteroatoms. The van der Waals surface area contributed by atoms with Crippen molar-refractivity contribution in [2.45, 2.75) is 24.2 Å². The first-order valence-corrected chi connectivity index (χ1v) is 9.98. The minimum atomic E-state index is -4.80. The minimum Gasteiger partial charge on any atom is -0.406 e. The molecule has 2 aromatic rings. The van der Waals surface area contributed by atoms with Crippen LogP contribution in [-0.4, -0.2) is 38.6 Å². The van der Waals surface area contributed by atoms with Crippen LogP contribution in [0.1, 0.15) is 24.1 Å². The van der Waals surface area contributed by atoms with Gasteiger partial charge < -0.3 is 10.1 Å². The Balaban J connectivity index is 1.99. The number of halogens is 3. The maximum atomic E-state index is 12.5. The molecule has 0 aliphatic rings. The van der Waals surface area contributed by atoms with Gasteiger partial charge in [-0.25, -0.2) is 8.42 Å². The molecule has 0 saturated heterocycles. The summed E-state index contributed by atoms with van der Waals surface area (Å²) < 4.78 is 66.3. The van der Waals surface area contributed by atoms with Crippen LogP contribution in [0.5, 0.6) is 5.75 Å². The molecule has 0 heterocycles. The van der Waals surface area contributed by atoms with Crippen molar-refractivity contribution in [3.63, 3.8) is 0 Å². The fourth-order valence-corrected chi connectivity index (χ4v) is 3.62. The molecule has 2 rings (SSSR count). The highest BCUT2D eigenvalue weighted by molar-refractivity contribution is 7.89. The zero-order chi connectivity index (χ0) is 22.5. The molecule has 1 N–H and O–H groups in total. The topological polar surface area (TPSA) is 99.5 Å². The summed E-state index contributed by atoms with van der Waals surface area (Å²) in [5.74, 6) is -0.990. The number of sulfonamides is 1. The van der Waals surface area contributed by atoms with E-state index in [0.29, 0.717) is 11.1 Å². The van der Waals surface area contributed by atoms with Crippen molar-refractivity contribution in [1.82, 2.24) is 9.62 Å². The number of rotatable bonds is 7. The highest BCUT2D eigenvalue weighted by atomic mass is 32.2. The molecule has 2 aromatic carbocycles. The summed E-state index contributed by atoms with van der Waals surface area (Å²) in [4.78, 5) is 12.2. The van der Waals surface area contributed by atoms with Gasteiger partial charge in [0.05, 0.1) is 29.1 Å². The lowest BCUT2D eigenvalue weighted by molar-refractivity contribution is -0.274. The maximum Gasteiger partial charge on any atom is 0.573 e. The highest BCUT2D eigenvalue weighted by Crippen LogP contribution is 2.24. The predicted octanol–water partition coefficient (Wildman–Crippen LogP) is 2.95. The zero-order valence-electron chi connectivity index (χ0n) is 16.0.